The van der Waals surface area contributed by atoms with E-state index >= 15 is 0 Å². The predicted octanol–water partition coefficient (Wildman–Crippen LogP) is 0.197. The van der Waals surface area contributed by atoms with E-state index in [1.54, 1.807) is 0 Å². The molecule has 4 nitrogen and oxygen atoms in total. The second kappa shape index (κ2) is 7.17. The molecule has 1 unspecified atom stereocenters. The van der Waals surface area contributed by atoms with Crippen molar-refractivity contribution < 1.29 is 9.84 Å². The van der Waals surface area contributed by atoms with Crippen LogP contribution in [0.5, 0.6) is 0 Å². The van der Waals surface area contributed by atoms with E-state index in [0.717, 1.165) is 45.5 Å². The van der Waals surface area contributed by atoms with Crippen molar-refractivity contribution in [2.75, 3.05) is 32.8 Å². The lowest BCUT2D eigenvalue weighted by atomic mass is 10.1. The van der Waals surface area contributed by atoms with Crippen molar-refractivity contribution in [3.05, 3.63) is 0 Å². The first-order valence-electron chi connectivity index (χ1n) is 5.96. The summed E-state index contributed by atoms with van der Waals surface area (Å²) in [4.78, 5) is 2.41. The smallest absolute Gasteiger partial charge is 0.0599 e. The number of nitrogens with zero attached hydrogens (tertiary/aromatic N) is 1. The van der Waals surface area contributed by atoms with Gasteiger partial charge in [-0.15, -0.1) is 0 Å². The van der Waals surface area contributed by atoms with Crippen LogP contribution in [0, 0.1) is 0 Å². The molecule has 1 rings (SSSR count). The molecule has 3 N–H and O–H groups in total. The molecule has 1 aliphatic rings. The molecule has 0 spiro atoms. The highest BCUT2D eigenvalue weighted by molar-refractivity contribution is 4.73. The Hall–Kier alpha value is -0.160. The Balaban J connectivity index is 2.09. The normalized spacial score (nSPS) is 21.8. The topological polar surface area (TPSA) is 58.7 Å². The number of ether oxygens (including phenoxy) is 1. The summed E-state index contributed by atoms with van der Waals surface area (Å²) in [5.74, 6) is 0. The van der Waals surface area contributed by atoms with Crippen LogP contribution in [0.2, 0.25) is 0 Å². The summed E-state index contributed by atoms with van der Waals surface area (Å²) in [6, 6.07) is -0.0605. The first-order valence-corrected chi connectivity index (χ1v) is 5.96. The van der Waals surface area contributed by atoms with Crippen LogP contribution in [0.15, 0.2) is 0 Å². The third-order valence-electron chi connectivity index (χ3n) is 2.99. The average Bonchev–Trinajstić information content (AvgIpc) is 2.28. The Bertz CT molecular complexity index is 159. The molecule has 1 fully saturated rings. The van der Waals surface area contributed by atoms with E-state index in [1.165, 1.54) is 0 Å². The van der Waals surface area contributed by atoms with Gasteiger partial charge in [-0.05, 0) is 32.7 Å². The highest BCUT2D eigenvalue weighted by atomic mass is 16.5. The molecule has 0 aromatic rings. The van der Waals surface area contributed by atoms with E-state index in [0.29, 0.717) is 6.10 Å². The second-order valence-corrected chi connectivity index (χ2v) is 4.23. The second-order valence-electron chi connectivity index (χ2n) is 4.23. The van der Waals surface area contributed by atoms with E-state index in [9.17, 15) is 0 Å². The molecule has 0 amide bonds. The van der Waals surface area contributed by atoms with E-state index < -0.39 is 0 Å². The molecule has 90 valence electrons. The van der Waals surface area contributed by atoms with Crippen LogP contribution in [-0.2, 0) is 4.74 Å². The van der Waals surface area contributed by atoms with Crippen molar-refractivity contribution in [2.45, 2.75) is 38.3 Å². The summed E-state index contributed by atoms with van der Waals surface area (Å²) < 4.78 is 5.59. The van der Waals surface area contributed by atoms with E-state index in [1.807, 2.05) is 6.92 Å². The summed E-state index contributed by atoms with van der Waals surface area (Å²) in [6.45, 7) is 6.16. The molecule has 0 aliphatic carbocycles. The Labute approximate surface area is 92.4 Å². The zero-order valence-corrected chi connectivity index (χ0v) is 9.69. The van der Waals surface area contributed by atoms with Crippen LogP contribution in [0.1, 0.15) is 26.2 Å². The Morgan fingerprint density at radius 1 is 1.47 bits per heavy atom. The molecule has 1 aliphatic heterocycles. The van der Waals surface area contributed by atoms with Crippen LogP contribution in [0.4, 0.5) is 0 Å². The first-order chi connectivity index (χ1) is 7.26. The fraction of sp³-hybridized carbons (Fsp3) is 1.00. The van der Waals surface area contributed by atoms with Gasteiger partial charge in [-0.1, -0.05) is 0 Å². The number of hydrogen-bond acceptors (Lipinski definition) is 4. The zero-order valence-electron chi connectivity index (χ0n) is 9.69. The minimum atomic E-state index is -0.0605. The molecule has 0 aromatic heterocycles. The lowest BCUT2D eigenvalue weighted by Gasteiger charge is -2.32. The quantitative estimate of drug-likeness (QED) is 0.666. The highest BCUT2D eigenvalue weighted by Gasteiger charge is 2.19. The number of aliphatic hydroxyl groups is 1. The number of nitrogens with two attached hydrogens (primary N) is 1. The summed E-state index contributed by atoms with van der Waals surface area (Å²) >= 11 is 0. The van der Waals surface area contributed by atoms with Gasteiger partial charge in [-0.2, -0.15) is 0 Å². The number of rotatable bonds is 6. The van der Waals surface area contributed by atoms with Gasteiger partial charge in [0.05, 0.1) is 12.7 Å². The predicted molar refractivity (Wildman–Crippen MR) is 60.8 cm³/mol. The molecule has 4 heteroatoms. The number of hydrogen-bond donors (Lipinski definition) is 2. The molecule has 1 heterocycles. The maximum absolute atomic E-state index is 8.81. The van der Waals surface area contributed by atoms with Gasteiger partial charge in [0.25, 0.3) is 0 Å². The van der Waals surface area contributed by atoms with Crippen LogP contribution in [0.3, 0.4) is 0 Å². The molecule has 1 saturated heterocycles. The van der Waals surface area contributed by atoms with Gasteiger partial charge in [0.2, 0.25) is 0 Å². The number of aliphatic hydroxyl groups excluding tert-OH is 1. The Morgan fingerprint density at radius 2 is 2.13 bits per heavy atom. The summed E-state index contributed by atoms with van der Waals surface area (Å²) in [5.41, 5.74) is 5.66. The molecule has 0 aromatic carbocycles. The van der Waals surface area contributed by atoms with Gasteiger partial charge >= 0.3 is 0 Å². The molecular weight excluding hydrogens is 192 g/mol. The van der Waals surface area contributed by atoms with Crippen LogP contribution >= 0.6 is 0 Å². The average molecular weight is 216 g/mol. The molecule has 15 heavy (non-hydrogen) atoms. The lowest BCUT2D eigenvalue weighted by molar-refractivity contribution is 0.0135. The van der Waals surface area contributed by atoms with E-state index in [4.69, 9.17) is 15.6 Å². The third kappa shape index (κ3) is 4.93. The number of piperidine rings is 1. The minimum Gasteiger partial charge on any atom is -0.395 e. The maximum atomic E-state index is 8.81. The Morgan fingerprint density at radius 3 is 2.67 bits per heavy atom. The van der Waals surface area contributed by atoms with Gasteiger partial charge in [-0.3, -0.25) is 0 Å². The minimum absolute atomic E-state index is 0.0605. The van der Waals surface area contributed by atoms with Gasteiger partial charge in [0, 0.05) is 25.7 Å². The molecule has 0 bridgehead atoms. The largest absolute Gasteiger partial charge is 0.395 e. The van der Waals surface area contributed by atoms with Crippen molar-refractivity contribution >= 4 is 0 Å². The summed E-state index contributed by atoms with van der Waals surface area (Å²) in [5, 5.41) is 8.81. The molecular formula is C11H24N2O2. The van der Waals surface area contributed by atoms with E-state index in [2.05, 4.69) is 4.90 Å². The highest BCUT2D eigenvalue weighted by Crippen LogP contribution is 2.13. The van der Waals surface area contributed by atoms with Gasteiger partial charge in [0.1, 0.15) is 0 Å². The first kappa shape index (κ1) is 12.9. The standard InChI is InChI=1S/C11H24N2O2/c1-2-15-11-4-7-13(8-5-11)6-3-10(12)9-14/h10-11,14H,2-9,12H2,1H3. The SMILES string of the molecule is CCOC1CCN(CCC(N)CO)CC1. The number of likely N-dealkylation sites (tertiary alicyclic amines) is 1. The van der Waals surface area contributed by atoms with Crippen molar-refractivity contribution in [1.29, 1.82) is 0 Å². The summed E-state index contributed by atoms with van der Waals surface area (Å²) in [7, 11) is 0. The fourth-order valence-electron chi connectivity index (χ4n) is 1.97. The van der Waals surface area contributed by atoms with Crippen LogP contribution in [0.25, 0.3) is 0 Å². The van der Waals surface area contributed by atoms with Crippen LogP contribution in [-0.4, -0.2) is 55.0 Å². The zero-order chi connectivity index (χ0) is 11.1. The van der Waals surface area contributed by atoms with Gasteiger partial charge in [0.15, 0.2) is 0 Å². The van der Waals surface area contributed by atoms with Crippen molar-refractivity contribution in [3.8, 4) is 0 Å². The Kier molecular flexibility index (Phi) is 6.17. The van der Waals surface area contributed by atoms with Gasteiger partial charge < -0.3 is 20.5 Å². The monoisotopic (exact) mass is 216 g/mol. The van der Waals surface area contributed by atoms with Crippen molar-refractivity contribution in [3.63, 3.8) is 0 Å². The molecule has 1 atom stereocenters. The fourth-order valence-corrected chi connectivity index (χ4v) is 1.97. The van der Waals surface area contributed by atoms with Gasteiger partial charge in [-0.25, -0.2) is 0 Å². The molecule has 0 saturated carbocycles. The maximum Gasteiger partial charge on any atom is 0.0599 e. The molecule has 0 radical (unpaired) electrons. The van der Waals surface area contributed by atoms with E-state index in [-0.39, 0.29) is 12.6 Å². The summed E-state index contributed by atoms with van der Waals surface area (Å²) in [6.07, 6.45) is 3.60. The third-order valence-corrected chi connectivity index (χ3v) is 2.99. The van der Waals surface area contributed by atoms with Crippen molar-refractivity contribution in [2.24, 2.45) is 5.73 Å². The van der Waals surface area contributed by atoms with Crippen LogP contribution < -0.4 is 5.73 Å². The van der Waals surface area contributed by atoms with Crippen molar-refractivity contribution in [1.82, 2.24) is 4.90 Å². The lowest BCUT2D eigenvalue weighted by Crippen LogP contribution is -2.39.